The fraction of sp³-hybridized carbons (Fsp3) is 0.629. The van der Waals surface area contributed by atoms with Crippen molar-refractivity contribution < 1.29 is 39.0 Å². The molecule has 5 amide bonds. The van der Waals surface area contributed by atoms with Crippen LogP contribution in [0.3, 0.4) is 0 Å². The Hall–Kier alpha value is -4.23. The Morgan fingerprint density at radius 3 is 1.65 bits per heavy atom. The molecular formula is C35H59N9O8S2. The Kier molecular flexibility index (Phi) is 22.1. The number of carbonyl (C=O) groups is 6. The van der Waals surface area contributed by atoms with Crippen LogP contribution < -0.4 is 43.8 Å². The van der Waals surface area contributed by atoms with Gasteiger partial charge in [-0.15, -0.1) is 0 Å². The van der Waals surface area contributed by atoms with Crippen LogP contribution in [-0.4, -0.2) is 118 Å². The maximum absolute atomic E-state index is 14.0. The number of aliphatic carboxylic acids is 1. The van der Waals surface area contributed by atoms with Gasteiger partial charge >= 0.3 is 5.97 Å². The van der Waals surface area contributed by atoms with Crippen molar-refractivity contribution in [2.45, 2.75) is 96.1 Å². The first-order chi connectivity index (χ1) is 25.4. The van der Waals surface area contributed by atoms with E-state index in [1.54, 1.807) is 39.8 Å². The molecule has 6 atom stereocenters. The van der Waals surface area contributed by atoms with Crippen LogP contribution >= 0.6 is 23.5 Å². The normalized spacial score (nSPS) is 14.5. The molecule has 0 bridgehead atoms. The SMILES string of the molecule is CSCC[C@H](NC(=O)[C@@H](NC(=O)[C@@H](NC(=O)[C@H](Cc1ccc(O)cc1)NC(=O)[C@H](CCSC)NC(=O)[C@@H](N)CCCN=C(N)N)C(C)C)C(C)C)C(=O)O. The first kappa shape index (κ1) is 47.8. The van der Waals surface area contributed by atoms with E-state index in [-0.39, 0.29) is 43.9 Å². The number of rotatable bonds is 25. The largest absolute Gasteiger partial charge is 0.508 e. The summed E-state index contributed by atoms with van der Waals surface area (Å²) in [5.41, 5.74) is 17.3. The van der Waals surface area contributed by atoms with E-state index in [0.29, 0.717) is 23.5 Å². The molecule has 13 N–H and O–H groups in total. The standard InChI is InChI=1S/C35H59N9O8S2/c1-19(2)27(32(49)41-25(34(51)52)14-17-54-6)44-33(50)28(20(3)4)43-31(48)26(18-21-9-11-22(45)12-10-21)42-30(47)24(13-16-53-5)40-29(46)23(36)8-7-15-39-35(37)38/h9-12,19-20,23-28,45H,7-8,13-18,36H2,1-6H3,(H,40,46)(H,41,49)(H,42,47)(H,43,48)(H,44,50)(H,51,52)(H4,37,38,39)/t23-,24-,25-,26-,27-,28-/m0/s1. The Labute approximate surface area is 325 Å². The third-order valence-corrected chi connectivity index (χ3v) is 9.56. The van der Waals surface area contributed by atoms with E-state index < -0.39 is 83.6 Å². The van der Waals surface area contributed by atoms with Gasteiger partial charge in [-0.2, -0.15) is 23.5 Å². The molecular weight excluding hydrogens is 739 g/mol. The number of hydrogen-bond donors (Lipinski definition) is 10. The summed E-state index contributed by atoms with van der Waals surface area (Å²) in [5.74, 6) is -4.50. The van der Waals surface area contributed by atoms with Gasteiger partial charge in [-0.3, -0.25) is 29.0 Å². The fourth-order valence-electron chi connectivity index (χ4n) is 5.10. The molecule has 0 aliphatic carbocycles. The van der Waals surface area contributed by atoms with E-state index in [0.717, 1.165) is 0 Å². The lowest BCUT2D eigenvalue weighted by molar-refractivity contribution is -0.142. The van der Waals surface area contributed by atoms with Crippen molar-refractivity contribution in [2.24, 2.45) is 34.0 Å². The number of nitrogens with one attached hydrogen (secondary N) is 5. The molecule has 1 aromatic rings. The van der Waals surface area contributed by atoms with Gasteiger partial charge in [0.2, 0.25) is 29.5 Å². The number of benzene rings is 1. The number of hydrogen-bond acceptors (Lipinski definition) is 11. The molecule has 0 aliphatic heterocycles. The van der Waals surface area contributed by atoms with Gasteiger partial charge in [0.1, 0.15) is 36.0 Å². The van der Waals surface area contributed by atoms with Crippen molar-refractivity contribution in [3.8, 4) is 5.75 Å². The van der Waals surface area contributed by atoms with E-state index in [2.05, 4.69) is 31.6 Å². The number of carboxylic acids is 1. The minimum absolute atomic E-state index is 0.00233. The maximum atomic E-state index is 14.0. The van der Waals surface area contributed by atoms with E-state index in [4.69, 9.17) is 17.2 Å². The van der Waals surface area contributed by atoms with Crippen molar-refractivity contribution in [1.29, 1.82) is 0 Å². The quantitative estimate of drug-likeness (QED) is 0.0344. The molecule has 0 spiro atoms. The number of carboxylic acid groups (broad SMARTS) is 1. The molecule has 19 heteroatoms. The summed E-state index contributed by atoms with van der Waals surface area (Å²) in [6, 6.07) is -0.648. The average Bonchev–Trinajstić information content (AvgIpc) is 3.10. The molecule has 17 nitrogen and oxygen atoms in total. The number of aliphatic imine (C=N–C) groups is 1. The predicted molar refractivity (Wildman–Crippen MR) is 213 cm³/mol. The van der Waals surface area contributed by atoms with E-state index >= 15 is 0 Å². The van der Waals surface area contributed by atoms with Gasteiger partial charge in [0.05, 0.1) is 6.04 Å². The molecule has 0 fully saturated rings. The van der Waals surface area contributed by atoms with Gasteiger partial charge in [0.25, 0.3) is 0 Å². The first-order valence-electron chi connectivity index (χ1n) is 17.7. The second-order valence-corrected chi connectivity index (χ2v) is 15.4. The van der Waals surface area contributed by atoms with Crippen molar-refractivity contribution in [1.82, 2.24) is 26.6 Å². The summed E-state index contributed by atoms with van der Waals surface area (Å²) >= 11 is 2.89. The summed E-state index contributed by atoms with van der Waals surface area (Å²) in [7, 11) is 0. The van der Waals surface area contributed by atoms with Crippen molar-refractivity contribution in [3.05, 3.63) is 29.8 Å². The third-order valence-electron chi connectivity index (χ3n) is 8.28. The number of guanidine groups is 1. The molecule has 0 aromatic heterocycles. The van der Waals surface area contributed by atoms with E-state index in [1.807, 2.05) is 12.5 Å². The molecule has 0 unspecified atom stereocenters. The molecule has 1 aromatic carbocycles. The van der Waals surface area contributed by atoms with Gasteiger partial charge in [-0.1, -0.05) is 39.8 Å². The zero-order valence-electron chi connectivity index (χ0n) is 31.9. The van der Waals surface area contributed by atoms with E-state index in [1.165, 1.54) is 35.7 Å². The molecule has 0 heterocycles. The molecule has 304 valence electrons. The smallest absolute Gasteiger partial charge is 0.326 e. The lowest BCUT2D eigenvalue weighted by Crippen LogP contribution is -2.61. The van der Waals surface area contributed by atoms with Crippen molar-refractivity contribution in [3.63, 3.8) is 0 Å². The van der Waals surface area contributed by atoms with Crippen LogP contribution in [-0.2, 0) is 35.2 Å². The number of nitrogens with zero attached hydrogens (tertiary/aromatic N) is 1. The Morgan fingerprint density at radius 1 is 0.685 bits per heavy atom. The van der Waals surface area contributed by atoms with Crippen LogP contribution in [0.5, 0.6) is 5.75 Å². The maximum Gasteiger partial charge on any atom is 0.326 e. The van der Waals surface area contributed by atoms with Crippen molar-refractivity contribution >= 4 is 65.0 Å². The van der Waals surface area contributed by atoms with Gasteiger partial charge < -0.3 is 54.0 Å². The van der Waals surface area contributed by atoms with Gasteiger partial charge in [-0.05, 0) is 79.2 Å². The first-order valence-corrected chi connectivity index (χ1v) is 20.5. The summed E-state index contributed by atoms with van der Waals surface area (Å²) in [5, 5.41) is 32.7. The summed E-state index contributed by atoms with van der Waals surface area (Å²) in [6.45, 7) is 7.05. The zero-order chi connectivity index (χ0) is 41.0. The summed E-state index contributed by atoms with van der Waals surface area (Å²) in [4.78, 5) is 83.2. The highest BCUT2D eigenvalue weighted by Crippen LogP contribution is 2.14. The van der Waals surface area contributed by atoms with Crippen LogP contribution in [0.2, 0.25) is 0 Å². The van der Waals surface area contributed by atoms with E-state index in [9.17, 15) is 39.0 Å². The molecule has 0 radical (unpaired) electrons. The molecule has 0 saturated carbocycles. The number of aromatic hydroxyl groups is 1. The Morgan fingerprint density at radius 2 is 1.15 bits per heavy atom. The number of phenolic OH excluding ortho intramolecular Hbond substituents is 1. The highest BCUT2D eigenvalue weighted by Gasteiger charge is 2.35. The fourth-order valence-corrected chi connectivity index (χ4v) is 6.05. The minimum atomic E-state index is -1.24. The van der Waals surface area contributed by atoms with Crippen LogP contribution in [0, 0.1) is 11.8 Å². The highest BCUT2D eigenvalue weighted by molar-refractivity contribution is 7.98. The van der Waals surface area contributed by atoms with Crippen LogP contribution in [0.4, 0.5) is 0 Å². The highest BCUT2D eigenvalue weighted by atomic mass is 32.2. The molecule has 54 heavy (non-hydrogen) atoms. The number of nitrogens with two attached hydrogens (primary N) is 3. The average molecular weight is 798 g/mol. The van der Waals surface area contributed by atoms with Crippen molar-refractivity contribution in [2.75, 3.05) is 30.6 Å². The zero-order valence-corrected chi connectivity index (χ0v) is 33.6. The molecule has 1 rings (SSSR count). The third kappa shape index (κ3) is 17.7. The monoisotopic (exact) mass is 797 g/mol. The summed E-state index contributed by atoms with van der Waals surface area (Å²) in [6.07, 6.45) is 4.71. The second kappa shape index (κ2) is 25.0. The predicted octanol–water partition coefficient (Wildman–Crippen LogP) is -0.358. The van der Waals surface area contributed by atoms with Gasteiger partial charge in [0, 0.05) is 13.0 Å². The van der Waals surface area contributed by atoms with Crippen LogP contribution in [0.25, 0.3) is 0 Å². The Bertz CT molecular complexity index is 1410. The lowest BCUT2D eigenvalue weighted by atomic mass is 9.98. The van der Waals surface area contributed by atoms with Gasteiger partial charge in [-0.25, -0.2) is 4.79 Å². The Balaban J connectivity index is 3.28. The van der Waals surface area contributed by atoms with Crippen LogP contribution in [0.1, 0.15) is 58.9 Å². The number of carbonyl (C=O) groups excluding carboxylic acids is 5. The summed E-state index contributed by atoms with van der Waals surface area (Å²) < 4.78 is 0. The number of amides is 5. The number of thioether (sulfide) groups is 2. The number of phenols is 1. The van der Waals surface area contributed by atoms with Gasteiger partial charge in [0.15, 0.2) is 5.96 Å². The van der Waals surface area contributed by atoms with Crippen LogP contribution in [0.15, 0.2) is 29.3 Å². The topological polar surface area (TPSA) is 293 Å². The molecule has 0 saturated heterocycles. The minimum Gasteiger partial charge on any atom is -0.508 e. The molecule has 0 aliphatic rings. The lowest BCUT2D eigenvalue weighted by Gasteiger charge is -2.29. The second-order valence-electron chi connectivity index (χ2n) is 13.5.